The zero-order valence-corrected chi connectivity index (χ0v) is 24.2. The quantitative estimate of drug-likeness (QED) is 0.233. The van der Waals surface area contributed by atoms with Gasteiger partial charge in [-0.1, -0.05) is 78.9 Å². The molecule has 0 radical (unpaired) electrons. The van der Waals surface area contributed by atoms with Crippen LogP contribution in [0.2, 0.25) is 0 Å². The molecule has 4 aromatic rings. The van der Waals surface area contributed by atoms with Crippen LogP contribution in [-0.4, -0.2) is 46.4 Å². The first-order valence-corrected chi connectivity index (χ1v) is 14.1. The van der Waals surface area contributed by atoms with Crippen LogP contribution in [0.4, 0.5) is 4.79 Å². The smallest absolute Gasteiger partial charge is 0.408 e. The molecule has 2 atom stereocenters. The average Bonchev–Trinajstić information content (AvgIpc) is 3.32. The Morgan fingerprint density at radius 3 is 2.07 bits per heavy atom. The van der Waals surface area contributed by atoms with Crippen molar-refractivity contribution in [3.05, 3.63) is 108 Å². The lowest BCUT2D eigenvalue weighted by Crippen LogP contribution is -2.53. The molecule has 0 saturated carbocycles. The topological polar surface area (TPSA) is 106 Å². The maximum atomic E-state index is 13.8. The van der Waals surface area contributed by atoms with E-state index in [2.05, 4.69) is 10.6 Å². The highest BCUT2D eigenvalue weighted by atomic mass is 16.6. The van der Waals surface area contributed by atoms with Crippen LogP contribution in [0.15, 0.2) is 91.1 Å². The van der Waals surface area contributed by atoms with Crippen molar-refractivity contribution in [2.45, 2.75) is 64.1 Å². The minimum absolute atomic E-state index is 0.0860. The van der Waals surface area contributed by atoms with Crippen LogP contribution in [0.3, 0.4) is 0 Å². The summed E-state index contributed by atoms with van der Waals surface area (Å²) in [5, 5.41) is 6.41. The number of Topliss-reactive ketones (excluding diaryl/α,β-unsaturated/α-hetero) is 1. The van der Waals surface area contributed by atoms with Gasteiger partial charge in [0.1, 0.15) is 11.6 Å². The predicted molar refractivity (Wildman–Crippen MR) is 163 cm³/mol. The molecular weight excluding hydrogens is 530 g/mol. The summed E-state index contributed by atoms with van der Waals surface area (Å²) < 4.78 is 6.89. The van der Waals surface area contributed by atoms with Gasteiger partial charge in [-0.2, -0.15) is 0 Å². The van der Waals surface area contributed by atoms with Crippen molar-refractivity contribution >= 4 is 35.1 Å². The van der Waals surface area contributed by atoms with Crippen LogP contribution in [-0.2, 0) is 38.4 Å². The summed E-state index contributed by atoms with van der Waals surface area (Å²) in [6.07, 6.45) is 2.79. The number of benzene rings is 3. The third-order valence-electron chi connectivity index (χ3n) is 6.86. The van der Waals surface area contributed by atoms with E-state index in [1.54, 1.807) is 27.0 Å². The normalized spacial score (nSPS) is 12.7. The molecule has 1 heterocycles. The monoisotopic (exact) mass is 567 g/mol. The lowest BCUT2D eigenvalue weighted by molar-refractivity contribution is -0.129. The van der Waals surface area contributed by atoms with Crippen molar-refractivity contribution < 1.29 is 23.9 Å². The third-order valence-corrected chi connectivity index (χ3v) is 6.86. The summed E-state index contributed by atoms with van der Waals surface area (Å²) in [7, 11) is 0. The molecule has 3 aromatic carbocycles. The van der Waals surface area contributed by atoms with E-state index in [1.807, 2.05) is 84.9 Å². The summed E-state index contributed by atoms with van der Waals surface area (Å²) >= 11 is 0. The van der Waals surface area contributed by atoms with E-state index in [4.69, 9.17) is 4.74 Å². The van der Waals surface area contributed by atoms with Gasteiger partial charge < -0.3 is 15.4 Å². The van der Waals surface area contributed by atoms with E-state index in [1.165, 1.54) is 4.57 Å². The van der Waals surface area contributed by atoms with Gasteiger partial charge in [0.15, 0.2) is 5.78 Å². The van der Waals surface area contributed by atoms with Crippen LogP contribution in [0.5, 0.6) is 0 Å². The molecule has 1 aromatic heterocycles. The number of amides is 2. The van der Waals surface area contributed by atoms with E-state index >= 15 is 0 Å². The molecule has 0 saturated heterocycles. The molecule has 8 nitrogen and oxygen atoms in total. The first-order chi connectivity index (χ1) is 20.1. The maximum absolute atomic E-state index is 13.8. The van der Waals surface area contributed by atoms with Gasteiger partial charge in [-0.25, -0.2) is 4.79 Å². The summed E-state index contributed by atoms with van der Waals surface area (Å²) in [6, 6.07) is 24.7. The fourth-order valence-electron chi connectivity index (χ4n) is 4.86. The van der Waals surface area contributed by atoms with E-state index in [-0.39, 0.29) is 18.6 Å². The number of hydrogen-bond acceptors (Lipinski definition) is 5. The molecule has 2 N–H and O–H groups in total. The van der Waals surface area contributed by atoms with Gasteiger partial charge in [0.2, 0.25) is 12.3 Å². The second-order valence-corrected chi connectivity index (χ2v) is 11.3. The van der Waals surface area contributed by atoms with Crippen LogP contribution >= 0.6 is 0 Å². The number of ketones is 1. The Labute approximate surface area is 246 Å². The minimum Gasteiger partial charge on any atom is -0.444 e. The van der Waals surface area contributed by atoms with Crippen molar-refractivity contribution in [3.8, 4) is 0 Å². The maximum Gasteiger partial charge on any atom is 0.408 e. The van der Waals surface area contributed by atoms with Crippen molar-refractivity contribution in [3.63, 3.8) is 0 Å². The molecule has 0 aliphatic heterocycles. The van der Waals surface area contributed by atoms with Crippen molar-refractivity contribution in [2.75, 3.05) is 0 Å². The largest absolute Gasteiger partial charge is 0.444 e. The highest BCUT2D eigenvalue weighted by Crippen LogP contribution is 2.22. The average molecular weight is 568 g/mol. The fourth-order valence-corrected chi connectivity index (χ4v) is 4.86. The summed E-state index contributed by atoms with van der Waals surface area (Å²) in [5.74, 6) is -0.623. The number of para-hydroxylation sites is 1. The molecule has 4 rings (SSSR count). The number of fused-ring (bicyclic) bond motifs is 1. The molecule has 8 heteroatoms. The standard InChI is InChI=1S/C34H37N3O5/c1-34(2,3)42-33(41)36-29(21-26-22-37(23-38)30-17-11-10-16-27(26)30)32(40)35-28(20-25-14-8-5-9-15-25)31(39)19-18-24-12-6-4-7-13-24/h4-17,22-23,28-29H,18-21H2,1-3H3,(H,35,40)(H,36,41)/t28-,29+/m0/s1. The summed E-state index contributed by atoms with van der Waals surface area (Å²) in [6.45, 7) is 5.21. The second-order valence-electron chi connectivity index (χ2n) is 11.3. The number of hydrogen-bond donors (Lipinski definition) is 2. The van der Waals surface area contributed by atoms with Gasteiger partial charge in [-0.15, -0.1) is 0 Å². The Morgan fingerprint density at radius 2 is 1.43 bits per heavy atom. The Hall–Kier alpha value is -4.72. The zero-order chi connectivity index (χ0) is 30.1. The lowest BCUT2D eigenvalue weighted by Gasteiger charge is -2.25. The van der Waals surface area contributed by atoms with Gasteiger partial charge in [-0.05, 0) is 56.4 Å². The summed E-state index contributed by atoms with van der Waals surface area (Å²) in [4.78, 5) is 51.8. The van der Waals surface area contributed by atoms with Crippen molar-refractivity contribution in [1.82, 2.24) is 15.2 Å². The Morgan fingerprint density at radius 1 is 0.810 bits per heavy atom. The number of carbonyl (C=O) groups excluding carboxylic acids is 4. The van der Waals surface area contributed by atoms with Gasteiger partial charge in [0, 0.05) is 24.4 Å². The number of carbonyl (C=O) groups is 4. The van der Waals surface area contributed by atoms with Crippen molar-refractivity contribution in [2.24, 2.45) is 0 Å². The minimum atomic E-state index is -1.06. The molecule has 0 fully saturated rings. The highest BCUT2D eigenvalue weighted by molar-refractivity contribution is 5.94. The fraction of sp³-hybridized carbons (Fsp3) is 0.294. The molecule has 0 aliphatic carbocycles. The number of rotatable bonds is 12. The zero-order valence-electron chi connectivity index (χ0n) is 24.2. The Bertz CT molecular complexity index is 1520. The SMILES string of the molecule is CC(C)(C)OC(=O)N[C@H](Cc1cn(C=O)c2ccccc12)C(=O)N[C@@H](Cc1ccccc1)C(=O)CCc1ccccc1. The highest BCUT2D eigenvalue weighted by Gasteiger charge is 2.29. The summed E-state index contributed by atoms with van der Waals surface area (Å²) in [5.41, 5.74) is 2.55. The molecule has 218 valence electrons. The molecular formula is C34H37N3O5. The number of alkyl carbamates (subject to hydrolysis) is 1. The van der Waals surface area contributed by atoms with Gasteiger partial charge in [-0.3, -0.25) is 19.0 Å². The second kappa shape index (κ2) is 13.8. The first kappa shape index (κ1) is 30.2. The molecule has 42 heavy (non-hydrogen) atoms. The van der Waals surface area contributed by atoms with Crippen LogP contribution < -0.4 is 10.6 Å². The number of aromatic nitrogens is 1. The number of aryl methyl sites for hydroxylation is 1. The van der Waals surface area contributed by atoms with Crippen LogP contribution in [0.25, 0.3) is 10.9 Å². The number of nitrogens with zero attached hydrogens (tertiary/aromatic N) is 1. The first-order valence-electron chi connectivity index (χ1n) is 14.1. The molecule has 2 amide bonds. The van der Waals surface area contributed by atoms with Gasteiger partial charge >= 0.3 is 6.09 Å². The Balaban J connectivity index is 1.59. The van der Waals surface area contributed by atoms with E-state index in [0.717, 1.165) is 16.5 Å². The lowest BCUT2D eigenvalue weighted by atomic mass is 9.97. The van der Waals surface area contributed by atoms with Gasteiger partial charge in [0.05, 0.1) is 11.6 Å². The molecule has 0 bridgehead atoms. The number of nitrogens with one attached hydrogen (secondary N) is 2. The van der Waals surface area contributed by atoms with E-state index in [0.29, 0.717) is 30.3 Å². The van der Waals surface area contributed by atoms with Gasteiger partial charge in [0.25, 0.3) is 0 Å². The number of ether oxygens (including phenoxy) is 1. The van der Waals surface area contributed by atoms with E-state index in [9.17, 15) is 19.2 Å². The molecule has 0 aliphatic rings. The molecule has 0 unspecified atom stereocenters. The van der Waals surface area contributed by atoms with Crippen LogP contribution in [0, 0.1) is 0 Å². The predicted octanol–water partition coefficient (Wildman–Crippen LogP) is 5.04. The van der Waals surface area contributed by atoms with Crippen LogP contribution in [0.1, 0.15) is 43.9 Å². The molecule has 0 spiro atoms. The Kier molecular flexibility index (Phi) is 9.91. The van der Waals surface area contributed by atoms with Crippen molar-refractivity contribution in [1.29, 1.82) is 0 Å². The third kappa shape index (κ3) is 8.39. The van der Waals surface area contributed by atoms with E-state index < -0.39 is 29.7 Å².